The van der Waals surface area contributed by atoms with Gasteiger partial charge in [0.05, 0.1) is 17.7 Å². The van der Waals surface area contributed by atoms with Crippen LogP contribution in [-0.2, 0) is 16.1 Å². The van der Waals surface area contributed by atoms with E-state index in [2.05, 4.69) is 4.98 Å². The fourth-order valence-corrected chi connectivity index (χ4v) is 2.82. The van der Waals surface area contributed by atoms with E-state index in [1.165, 1.54) is 13.3 Å². The maximum Gasteiger partial charge on any atom is 0.323 e. The number of likely N-dealkylation sites (tertiary alicyclic amines) is 1. The summed E-state index contributed by atoms with van der Waals surface area (Å²) in [6, 6.07) is -0.281. The highest BCUT2D eigenvalue weighted by molar-refractivity contribution is 5.76. The topological polar surface area (TPSA) is 85.6 Å². The second-order valence-electron chi connectivity index (χ2n) is 5.27. The molecule has 0 bridgehead atoms. The zero-order chi connectivity index (χ0) is 15.6. The van der Waals surface area contributed by atoms with Gasteiger partial charge in [0, 0.05) is 23.9 Å². The number of nitro groups is 1. The van der Waals surface area contributed by atoms with Crippen molar-refractivity contribution in [3.63, 3.8) is 0 Å². The molecule has 0 saturated carbocycles. The van der Waals surface area contributed by atoms with Crippen molar-refractivity contribution in [3.8, 4) is 0 Å². The smallest absolute Gasteiger partial charge is 0.323 e. The zero-order valence-corrected chi connectivity index (χ0v) is 12.5. The van der Waals surface area contributed by atoms with Gasteiger partial charge >= 0.3 is 5.97 Å². The van der Waals surface area contributed by atoms with Gasteiger partial charge in [-0.25, -0.2) is 0 Å². The fourth-order valence-electron chi connectivity index (χ4n) is 2.82. The second kappa shape index (κ2) is 6.17. The maximum atomic E-state index is 11.7. The van der Waals surface area contributed by atoms with Gasteiger partial charge < -0.3 is 4.74 Å². The first kappa shape index (κ1) is 15.4. The number of methoxy groups -OCH3 is 1. The van der Waals surface area contributed by atoms with Gasteiger partial charge in [-0.2, -0.15) is 0 Å². The minimum atomic E-state index is -0.377. The van der Waals surface area contributed by atoms with Crippen molar-refractivity contribution in [1.82, 2.24) is 9.88 Å². The SMILES string of the molecule is COC(=O)C1CCCN1Cc1ncc(C)c([N+](=O)[O-])c1C. The molecule has 0 amide bonds. The third-order valence-electron chi connectivity index (χ3n) is 3.95. The quantitative estimate of drug-likeness (QED) is 0.477. The summed E-state index contributed by atoms with van der Waals surface area (Å²) in [6.45, 7) is 4.57. The molecule has 21 heavy (non-hydrogen) atoms. The van der Waals surface area contributed by atoms with Gasteiger partial charge in [-0.1, -0.05) is 0 Å². The van der Waals surface area contributed by atoms with E-state index in [4.69, 9.17) is 4.74 Å². The number of pyridine rings is 1. The molecule has 7 heteroatoms. The molecule has 0 aromatic carbocycles. The number of hydrogen-bond donors (Lipinski definition) is 0. The number of ether oxygens (including phenoxy) is 1. The Labute approximate surface area is 123 Å². The minimum Gasteiger partial charge on any atom is -0.468 e. The molecular weight excluding hydrogens is 274 g/mol. The molecule has 0 spiro atoms. The predicted molar refractivity (Wildman–Crippen MR) is 75.8 cm³/mol. The average molecular weight is 293 g/mol. The van der Waals surface area contributed by atoms with E-state index in [0.717, 1.165) is 19.4 Å². The van der Waals surface area contributed by atoms with E-state index < -0.39 is 0 Å². The lowest BCUT2D eigenvalue weighted by Gasteiger charge is -2.22. The summed E-state index contributed by atoms with van der Waals surface area (Å²) in [7, 11) is 1.37. The number of carbonyl (C=O) groups excluding carboxylic acids is 1. The van der Waals surface area contributed by atoms with Crippen molar-refractivity contribution in [1.29, 1.82) is 0 Å². The summed E-state index contributed by atoms with van der Waals surface area (Å²) in [5, 5.41) is 11.1. The molecule has 2 rings (SSSR count). The standard InChI is InChI=1S/C14H19N3O4/c1-9-7-15-11(10(2)13(9)17(19)20)8-16-6-4-5-12(16)14(18)21-3/h7,12H,4-6,8H2,1-3H3. The minimum absolute atomic E-state index is 0.105. The number of nitrogens with zero attached hydrogens (tertiary/aromatic N) is 3. The van der Waals surface area contributed by atoms with Crippen LogP contribution in [-0.4, -0.2) is 40.5 Å². The normalized spacial score (nSPS) is 18.7. The van der Waals surface area contributed by atoms with Crippen LogP contribution in [0.4, 0.5) is 5.69 Å². The number of hydrogen-bond acceptors (Lipinski definition) is 6. The summed E-state index contributed by atoms with van der Waals surface area (Å²) >= 11 is 0. The highest BCUT2D eigenvalue weighted by atomic mass is 16.6. The Kier molecular flexibility index (Phi) is 4.52. The summed E-state index contributed by atoms with van der Waals surface area (Å²) in [4.78, 5) is 28.8. The number of aromatic nitrogens is 1. The van der Waals surface area contributed by atoms with Crippen molar-refractivity contribution in [2.24, 2.45) is 0 Å². The molecule has 0 aliphatic carbocycles. The van der Waals surface area contributed by atoms with Gasteiger partial charge in [-0.05, 0) is 33.2 Å². The molecule has 1 aromatic rings. The summed E-state index contributed by atoms with van der Waals surface area (Å²) in [5.74, 6) is -0.258. The molecule has 1 aromatic heterocycles. The number of esters is 1. The highest BCUT2D eigenvalue weighted by Crippen LogP contribution is 2.27. The fraction of sp³-hybridized carbons (Fsp3) is 0.571. The second-order valence-corrected chi connectivity index (χ2v) is 5.27. The van der Waals surface area contributed by atoms with Gasteiger partial charge in [0.2, 0.25) is 0 Å². The van der Waals surface area contributed by atoms with Gasteiger partial charge in [-0.3, -0.25) is 24.8 Å². The lowest BCUT2D eigenvalue weighted by Crippen LogP contribution is -2.36. The average Bonchev–Trinajstić information content (AvgIpc) is 2.89. The Hall–Kier alpha value is -2.02. The van der Waals surface area contributed by atoms with Crippen LogP contribution in [0.3, 0.4) is 0 Å². The molecule has 1 aliphatic heterocycles. The summed E-state index contributed by atoms with van der Waals surface area (Å²) < 4.78 is 4.80. The number of aryl methyl sites for hydroxylation is 1. The Bertz CT molecular complexity index is 574. The van der Waals surface area contributed by atoms with Crippen molar-refractivity contribution >= 4 is 11.7 Å². The van der Waals surface area contributed by atoms with Crippen molar-refractivity contribution in [3.05, 3.63) is 33.1 Å². The highest BCUT2D eigenvalue weighted by Gasteiger charge is 2.32. The van der Waals surface area contributed by atoms with Crippen molar-refractivity contribution in [2.45, 2.75) is 39.3 Å². The molecule has 1 atom stereocenters. The van der Waals surface area contributed by atoms with Crippen LogP contribution in [0.2, 0.25) is 0 Å². The van der Waals surface area contributed by atoms with Crippen LogP contribution in [0.15, 0.2) is 6.20 Å². The van der Waals surface area contributed by atoms with Crippen LogP contribution in [0.5, 0.6) is 0 Å². The Morgan fingerprint density at radius 1 is 1.57 bits per heavy atom. The van der Waals surface area contributed by atoms with Gasteiger partial charge in [0.25, 0.3) is 5.69 Å². The van der Waals surface area contributed by atoms with Crippen LogP contribution >= 0.6 is 0 Å². The van der Waals surface area contributed by atoms with Crippen LogP contribution in [0.1, 0.15) is 29.7 Å². The molecule has 0 N–H and O–H groups in total. The van der Waals surface area contributed by atoms with E-state index in [1.54, 1.807) is 13.8 Å². The molecule has 114 valence electrons. The van der Waals surface area contributed by atoms with Crippen molar-refractivity contribution < 1.29 is 14.5 Å². The first-order valence-electron chi connectivity index (χ1n) is 6.87. The first-order chi connectivity index (χ1) is 9.95. The molecule has 7 nitrogen and oxygen atoms in total. The number of rotatable bonds is 4. The number of carbonyl (C=O) groups is 1. The Morgan fingerprint density at radius 3 is 2.90 bits per heavy atom. The third-order valence-corrected chi connectivity index (χ3v) is 3.95. The third kappa shape index (κ3) is 3.02. The Balaban J connectivity index is 2.26. The van der Waals surface area contributed by atoms with Gasteiger partial charge in [-0.15, -0.1) is 0 Å². The van der Waals surface area contributed by atoms with E-state index in [0.29, 0.717) is 23.4 Å². The van der Waals surface area contributed by atoms with Crippen molar-refractivity contribution in [2.75, 3.05) is 13.7 Å². The lowest BCUT2D eigenvalue weighted by atomic mass is 10.1. The lowest BCUT2D eigenvalue weighted by molar-refractivity contribution is -0.386. The van der Waals surface area contributed by atoms with E-state index in [9.17, 15) is 14.9 Å². The molecule has 2 heterocycles. The largest absolute Gasteiger partial charge is 0.468 e. The zero-order valence-electron chi connectivity index (χ0n) is 12.5. The molecule has 1 fully saturated rings. The maximum absolute atomic E-state index is 11.7. The monoisotopic (exact) mass is 293 g/mol. The van der Waals surface area contributed by atoms with Crippen LogP contribution < -0.4 is 0 Å². The van der Waals surface area contributed by atoms with E-state index >= 15 is 0 Å². The van der Waals surface area contributed by atoms with Gasteiger partial charge in [0.15, 0.2) is 0 Å². The molecule has 1 aliphatic rings. The molecule has 1 unspecified atom stereocenters. The summed E-state index contributed by atoms with van der Waals surface area (Å²) in [6.07, 6.45) is 3.18. The summed E-state index contributed by atoms with van der Waals surface area (Å²) in [5.41, 5.74) is 1.86. The molecule has 1 saturated heterocycles. The Morgan fingerprint density at radius 2 is 2.29 bits per heavy atom. The van der Waals surface area contributed by atoms with Gasteiger partial charge in [0.1, 0.15) is 6.04 Å². The van der Waals surface area contributed by atoms with Crippen LogP contribution in [0, 0.1) is 24.0 Å². The first-order valence-corrected chi connectivity index (χ1v) is 6.87. The molecule has 0 radical (unpaired) electrons. The molecular formula is C14H19N3O4. The van der Waals surface area contributed by atoms with Crippen LogP contribution in [0.25, 0.3) is 0 Å². The van der Waals surface area contributed by atoms with E-state index in [1.807, 2.05) is 4.90 Å². The predicted octanol–water partition coefficient (Wildman–Crippen LogP) is 1.74. The van der Waals surface area contributed by atoms with E-state index in [-0.39, 0.29) is 22.6 Å².